The molecule has 4 rings (SSSR count). The molecule has 1 heterocycles. The van der Waals surface area contributed by atoms with Gasteiger partial charge < -0.3 is 5.32 Å². The average Bonchev–Trinajstić information content (AvgIpc) is 3.25. The minimum absolute atomic E-state index is 0.0483. The van der Waals surface area contributed by atoms with E-state index < -0.39 is 10.0 Å². The fourth-order valence-electron chi connectivity index (χ4n) is 5.02. The van der Waals surface area contributed by atoms with Gasteiger partial charge in [-0.2, -0.15) is 8.75 Å². The van der Waals surface area contributed by atoms with Gasteiger partial charge in [0, 0.05) is 18.5 Å². The normalized spacial score (nSPS) is 29.7. The second-order valence-electron chi connectivity index (χ2n) is 9.34. The summed E-state index contributed by atoms with van der Waals surface area (Å²) >= 11 is 1.01. The number of nitrogens with one attached hydrogen (secondary N) is 2. The van der Waals surface area contributed by atoms with Crippen LogP contribution in [-0.4, -0.2) is 35.7 Å². The second kappa shape index (κ2) is 9.50. The minimum Gasteiger partial charge on any atom is -0.353 e. The SMILES string of the molecule is C[C@@H]1[C@H](C)CCC[C@@H]1NC(=O)C1CCC(CNS(=O)(=O)c2cccc3nsnc23)CC1. The molecule has 0 unspecified atom stereocenters. The highest BCUT2D eigenvalue weighted by Gasteiger charge is 2.32. The Labute approximate surface area is 188 Å². The molecule has 170 valence electrons. The number of hydrogen-bond acceptors (Lipinski definition) is 6. The Morgan fingerprint density at radius 1 is 1.10 bits per heavy atom. The van der Waals surface area contributed by atoms with Crippen molar-refractivity contribution < 1.29 is 13.2 Å². The van der Waals surface area contributed by atoms with Crippen molar-refractivity contribution in [3.8, 4) is 0 Å². The molecule has 1 aromatic heterocycles. The Hall–Kier alpha value is -1.58. The van der Waals surface area contributed by atoms with Crippen LogP contribution in [0.15, 0.2) is 23.1 Å². The molecule has 2 N–H and O–H groups in total. The molecule has 0 bridgehead atoms. The molecule has 2 aliphatic carbocycles. The van der Waals surface area contributed by atoms with Crippen molar-refractivity contribution in [1.29, 1.82) is 0 Å². The zero-order chi connectivity index (χ0) is 22.0. The van der Waals surface area contributed by atoms with Gasteiger partial charge in [-0.05, 0) is 62.0 Å². The van der Waals surface area contributed by atoms with Crippen LogP contribution in [0.4, 0.5) is 0 Å². The van der Waals surface area contributed by atoms with Crippen molar-refractivity contribution in [1.82, 2.24) is 18.8 Å². The number of nitrogens with zero attached hydrogens (tertiary/aromatic N) is 2. The first-order chi connectivity index (χ1) is 14.8. The molecule has 2 fully saturated rings. The van der Waals surface area contributed by atoms with Gasteiger partial charge in [-0.3, -0.25) is 4.79 Å². The number of carbonyl (C=O) groups excluding carboxylic acids is 1. The first-order valence-electron chi connectivity index (χ1n) is 11.4. The number of fused-ring (bicyclic) bond motifs is 1. The number of carbonyl (C=O) groups is 1. The highest BCUT2D eigenvalue weighted by Crippen LogP contribution is 2.32. The summed E-state index contributed by atoms with van der Waals surface area (Å²) in [6.07, 6.45) is 6.88. The smallest absolute Gasteiger partial charge is 0.242 e. The van der Waals surface area contributed by atoms with E-state index in [9.17, 15) is 13.2 Å². The molecule has 31 heavy (non-hydrogen) atoms. The van der Waals surface area contributed by atoms with Gasteiger partial charge >= 0.3 is 0 Å². The Morgan fingerprint density at radius 2 is 1.87 bits per heavy atom. The first kappa shape index (κ1) is 22.6. The molecule has 7 nitrogen and oxygen atoms in total. The van der Waals surface area contributed by atoms with Crippen molar-refractivity contribution in [2.24, 2.45) is 23.7 Å². The number of sulfonamides is 1. The molecular formula is C22H32N4O3S2. The molecule has 0 radical (unpaired) electrons. The van der Waals surface area contributed by atoms with Crippen molar-refractivity contribution in [3.63, 3.8) is 0 Å². The second-order valence-corrected chi connectivity index (χ2v) is 11.6. The summed E-state index contributed by atoms with van der Waals surface area (Å²) in [6.45, 7) is 4.92. The van der Waals surface area contributed by atoms with E-state index in [1.165, 1.54) is 12.8 Å². The van der Waals surface area contributed by atoms with Gasteiger partial charge in [0.25, 0.3) is 0 Å². The summed E-state index contributed by atoms with van der Waals surface area (Å²) in [5, 5.41) is 3.31. The maximum Gasteiger partial charge on any atom is 0.242 e. The third-order valence-electron chi connectivity index (χ3n) is 7.35. The summed E-state index contributed by atoms with van der Waals surface area (Å²) in [4.78, 5) is 13.0. The predicted molar refractivity (Wildman–Crippen MR) is 122 cm³/mol. The van der Waals surface area contributed by atoms with Crippen LogP contribution in [-0.2, 0) is 14.8 Å². The molecular weight excluding hydrogens is 432 g/mol. The standard InChI is InChI=1S/C22H32N4O3S2/c1-14-5-3-6-18(15(14)2)24-22(27)17-11-9-16(10-12-17)13-23-31(28,29)20-8-4-7-19-21(20)26-30-25-19/h4,7-8,14-18,23H,3,5-6,9-13H2,1-2H3,(H,24,27)/t14-,15-,16?,17?,18+/m1/s1. The molecule has 0 spiro atoms. The Balaban J connectivity index is 1.27. The Kier molecular flexibility index (Phi) is 6.93. The van der Waals surface area contributed by atoms with Crippen LogP contribution in [0.2, 0.25) is 0 Å². The third kappa shape index (κ3) is 5.09. The van der Waals surface area contributed by atoms with E-state index in [2.05, 4.69) is 32.6 Å². The summed E-state index contributed by atoms with van der Waals surface area (Å²) in [5.41, 5.74) is 1.02. The molecule has 1 amide bonds. The topological polar surface area (TPSA) is 101 Å². The van der Waals surface area contributed by atoms with E-state index in [4.69, 9.17) is 0 Å². The zero-order valence-electron chi connectivity index (χ0n) is 18.2. The largest absolute Gasteiger partial charge is 0.353 e. The number of amides is 1. The fraction of sp³-hybridized carbons (Fsp3) is 0.682. The van der Waals surface area contributed by atoms with Gasteiger partial charge in [0.05, 0.1) is 11.7 Å². The van der Waals surface area contributed by atoms with Gasteiger partial charge in [-0.1, -0.05) is 32.8 Å². The Bertz CT molecular complexity index is 1010. The van der Waals surface area contributed by atoms with Gasteiger partial charge in [0.1, 0.15) is 15.9 Å². The van der Waals surface area contributed by atoms with Crippen LogP contribution in [0.25, 0.3) is 11.0 Å². The van der Waals surface area contributed by atoms with Crippen molar-refractivity contribution >= 4 is 38.7 Å². The van der Waals surface area contributed by atoms with Crippen molar-refractivity contribution in [2.75, 3.05) is 6.54 Å². The van der Waals surface area contributed by atoms with Gasteiger partial charge in [-0.15, -0.1) is 0 Å². The number of benzene rings is 1. The maximum absolute atomic E-state index is 12.8. The first-order valence-corrected chi connectivity index (χ1v) is 13.6. The van der Waals surface area contributed by atoms with E-state index in [0.717, 1.165) is 43.8 Å². The highest BCUT2D eigenvalue weighted by atomic mass is 32.2. The lowest BCUT2D eigenvalue weighted by Crippen LogP contribution is -2.46. The number of aromatic nitrogens is 2. The summed E-state index contributed by atoms with van der Waals surface area (Å²) in [7, 11) is -3.64. The van der Waals surface area contributed by atoms with Gasteiger partial charge in [0.15, 0.2) is 0 Å². The van der Waals surface area contributed by atoms with E-state index in [1.54, 1.807) is 18.2 Å². The monoisotopic (exact) mass is 464 g/mol. The van der Waals surface area contributed by atoms with E-state index >= 15 is 0 Å². The van der Waals surface area contributed by atoms with Gasteiger partial charge in [-0.25, -0.2) is 13.1 Å². The van der Waals surface area contributed by atoms with Crippen LogP contribution in [0.5, 0.6) is 0 Å². The third-order valence-corrected chi connectivity index (χ3v) is 9.35. The summed E-state index contributed by atoms with van der Waals surface area (Å²) < 4.78 is 36.6. The van der Waals surface area contributed by atoms with Gasteiger partial charge in [0.2, 0.25) is 15.9 Å². The molecule has 3 atom stereocenters. The lowest BCUT2D eigenvalue weighted by Gasteiger charge is -2.36. The quantitative estimate of drug-likeness (QED) is 0.679. The fourth-order valence-corrected chi connectivity index (χ4v) is 6.90. The van der Waals surface area contributed by atoms with Crippen LogP contribution in [0, 0.1) is 23.7 Å². The molecule has 2 saturated carbocycles. The highest BCUT2D eigenvalue weighted by molar-refractivity contribution is 7.89. The minimum atomic E-state index is -3.64. The van der Waals surface area contributed by atoms with E-state index in [0.29, 0.717) is 35.5 Å². The molecule has 9 heteroatoms. The lowest BCUT2D eigenvalue weighted by atomic mass is 9.77. The number of hydrogen-bond donors (Lipinski definition) is 2. The lowest BCUT2D eigenvalue weighted by molar-refractivity contribution is -0.127. The molecule has 0 aliphatic heterocycles. The molecule has 2 aliphatic rings. The van der Waals surface area contributed by atoms with Crippen LogP contribution in [0.1, 0.15) is 58.8 Å². The number of rotatable bonds is 6. The maximum atomic E-state index is 12.8. The van der Waals surface area contributed by atoms with E-state index in [1.807, 2.05) is 0 Å². The van der Waals surface area contributed by atoms with Crippen molar-refractivity contribution in [2.45, 2.75) is 69.7 Å². The summed E-state index contributed by atoms with van der Waals surface area (Å²) in [5.74, 6) is 1.68. The van der Waals surface area contributed by atoms with Crippen molar-refractivity contribution in [3.05, 3.63) is 18.2 Å². The summed E-state index contributed by atoms with van der Waals surface area (Å²) in [6, 6.07) is 5.32. The average molecular weight is 465 g/mol. The van der Waals surface area contributed by atoms with Crippen LogP contribution in [0.3, 0.4) is 0 Å². The van der Waals surface area contributed by atoms with E-state index in [-0.39, 0.29) is 22.6 Å². The molecule has 1 aromatic carbocycles. The van der Waals surface area contributed by atoms with Crippen LogP contribution >= 0.6 is 11.7 Å². The molecule has 0 saturated heterocycles. The Morgan fingerprint density at radius 3 is 2.65 bits per heavy atom. The predicted octanol–water partition coefficient (Wildman–Crippen LogP) is 3.72. The molecule has 2 aromatic rings. The zero-order valence-corrected chi connectivity index (χ0v) is 19.8. The van der Waals surface area contributed by atoms with Crippen LogP contribution < -0.4 is 10.0 Å².